The van der Waals surface area contributed by atoms with Crippen molar-refractivity contribution < 1.29 is 0 Å². The van der Waals surface area contributed by atoms with Crippen LogP contribution in [0.4, 0.5) is 0 Å². The number of rotatable bonds is 4. The van der Waals surface area contributed by atoms with Crippen LogP contribution in [0, 0.1) is 0 Å². The Morgan fingerprint density at radius 3 is 1.80 bits per heavy atom. The van der Waals surface area contributed by atoms with Crippen molar-refractivity contribution in [2.24, 2.45) is 0 Å². The molecule has 0 atom stereocenters. The zero-order valence-electron chi connectivity index (χ0n) is 18.8. The highest BCUT2D eigenvalue weighted by atomic mass is 35.5. The highest BCUT2D eigenvalue weighted by molar-refractivity contribution is 6.28. The van der Waals surface area contributed by atoms with Gasteiger partial charge >= 0.3 is 0 Å². The van der Waals surface area contributed by atoms with Crippen LogP contribution in [0.1, 0.15) is 0 Å². The van der Waals surface area contributed by atoms with Crippen molar-refractivity contribution in [2.75, 3.05) is 0 Å². The number of benzene rings is 5. The van der Waals surface area contributed by atoms with E-state index in [1.54, 1.807) is 0 Å². The zero-order valence-corrected chi connectivity index (χ0v) is 19.5. The third-order valence-corrected chi connectivity index (χ3v) is 6.21. The second kappa shape index (κ2) is 9.13. The maximum Gasteiger partial charge on any atom is 0.226 e. The molecule has 0 amide bonds. The van der Waals surface area contributed by atoms with Gasteiger partial charge in [-0.05, 0) is 62.8 Å². The summed E-state index contributed by atoms with van der Waals surface area (Å²) in [6.07, 6.45) is 0. The Morgan fingerprint density at radius 1 is 0.429 bits per heavy atom. The van der Waals surface area contributed by atoms with Gasteiger partial charge in [0, 0.05) is 11.1 Å². The minimum atomic E-state index is 0.176. The first kappa shape index (κ1) is 21.2. The summed E-state index contributed by atoms with van der Waals surface area (Å²) in [5.74, 6) is 1.11. The van der Waals surface area contributed by atoms with E-state index in [4.69, 9.17) is 16.6 Å². The van der Waals surface area contributed by atoms with Crippen molar-refractivity contribution in [2.45, 2.75) is 0 Å². The maximum atomic E-state index is 6.35. The van der Waals surface area contributed by atoms with Gasteiger partial charge in [-0.3, -0.25) is 0 Å². The molecule has 6 rings (SSSR count). The van der Waals surface area contributed by atoms with Crippen LogP contribution < -0.4 is 0 Å². The molecule has 4 heteroatoms. The van der Waals surface area contributed by atoms with Crippen LogP contribution in [-0.4, -0.2) is 15.0 Å². The topological polar surface area (TPSA) is 38.7 Å². The summed E-state index contributed by atoms with van der Waals surface area (Å²) in [5.41, 5.74) is 6.40. The molecule has 5 aromatic carbocycles. The normalized spacial score (nSPS) is 11.0. The molecule has 1 aromatic heterocycles. The third-order valence-electron chi connectivity index (χ3n) is 6.04. The van der Waals surface area contributed by atoms with Gasteiger partial charge in [-0.1, -0.05) is 103 Å². The standard InChI is InChI=1S/C31H20ClN3/c32-31-34-29(22-12-5-2-6-13-22)33-30(35-31)26-19-24-14-7-8-17-27(24)28(20-26)25-16-9-15-23(18-25)21-10-3-1-4-11-21/h1-20H. The van der Waals surface area contributed by atoms with E-state index in [2.05, 4.69) is 88.8 Å². The first-order chi connectivity index (χ1) is 17.2. The Balaban J connectivity index is 1.53. The van der Waals surface area contributed by atoms with Crippen LogP contribution in [-0.2, 0) is 0 Å². The first-order valence-electron chi connectivity index (χ1n) is 11.4. The lowest BCUT2D eigenvalue weighted by Gasteiger charge is -2.12. The molecule has 0 radical (unpaired) electrons. The van der Waals surface area contributed by atoms with Crippen LogP contribution >= 0.6 is 11.6 Å². The molecule has 6 aromatic rings. The van der Waals surface area contributed by atoms with E-state index < -0.39 is 0 Å². The minimum absolute atomic E-state index is 0.176. The van der Waals surface area contributed by atoms with Gasteiger partial charge in [-0.15, -0.1) is 0 Å². The first-order valence-corrected chi connectivity index (χ1v) is 11.8. The lowest BCUT2D eigenvalue weighted by molar-refractivity contribution is 1.07. The highest BCUT2D eigenvalue weighted by Crippen LogP contribution is 2.35. The third kappa shape index (κ3) is 4.30. The molecule has 0 spiro atoms. The van der Waals surface area contributed by atoms with Crippen molar-refractivity contribution in [3.8, 4) is 45.0 Å². The fourth-order valence-corrected chi connectivity index (χ4v) is 4.53. The fourth-order valence-electron chi connectivity index (χ4n) is 4.37. The van der Waals surface area contributed by atoms with Crippen LogP contribution in [0.25, 0.3) is 55.8 Å². The molecule has 0 bridgehead atoms. The minimum Gasteiger partial charge on any atom is -0.208 e. The largest absolute Gasteiger partial charge is 0.226 e. The Labute approximate surface area is 208 Å². The van der Waals surface area contributed by atoms with Gasteiger partial charge in [0.25, 0.3) is 0 Å². The predicted molar refractivity (Wildman–Crippen MR) is 144 cm³/mol. The number of halogens is 1. The maximum absolute atomic E-state index is 6.35. The average Bonchev–Trinajstić information content (AvgIpc) is 2.93. The summed E-state index contributed by atoms with van der Waals surface area (Å²) >= 11 is 6.35. The Bertz CT molecular complexity index is 1650. The van der Waals surface area contributed by atoms with Gasteiger partial charge in [0.15, 0.2) is 11.6 Å². The van der Waals surface area contributed by atoms with Crippen molar-refractivity contribution >= 4 is 22.4 Å². The van der Waals surface area contributed by atoms with E-state index in [0.717, 1.165) is 27.6 Å². The van der Waals surface area contributed by atoms with Crippen LogP contribution in [0.5, 0.6) is 0 Å². The number of aromatic nitrogens is 3. The summed E-state index contributed by atoms with van der Waals surface area (Å²) in [6, 6.07) is 41.5. The van der Waals surface area contributed by atoms with Crippen LogP contribution in [0.15, 0.2) is 121 Å². The van der Waals surface area contributed by atoms with Gasteiger partial charge in [-0.2, -0.15) is 9.97 Å². The monoisotopic (exact) mass is 469 g/mol. The van der Waals surface area contributed by atoms with E-state index >= 15 is 0 Å². The van der Waals surface area contributed by atoms with Crippen molar-refractivity contribution in [1.82, 2.24) is 15.0 Å². The van der Waals surface area contributed by atoms with Crippen LogP contribution in [0.2, 0.25) is 5.28 Å². The smallest absolute Gasteiger partial charge is 0.208 e. The molecule has 35 heavy (non-hydrogen) atoms. The molecule has 0 fully saturated rings. The molecule has 1 heterocycles. The molecule has 0 saturated heterocycles. The Hall–Kier alpha value is -4.34. The second-order valence-corrected chi connectivity index (χ2v) is 8.65. The van der Waals surface area contributed by atoms with E-state index in [1.165, 1.54) is 16.5 Å². The molecule has 0 aliphatic carbocycles. The average molecular weight is 470 g/mol. The molecule has 0 unspecified atom stereocenters. The molecule has 0 aliphatic heterocycles. The Kier molecular flexibility index (Phi) is 5.53. The number of hydrogen-bond donors (Lipinski definition) is 0. The summed E-state index contributed by atoms with van der Waals surface area (Å²) < 4.78 is 0. The zero-order chi connectivity index (χ0) is 23.6. The molecular formula is C31H20ClN3. The molecular weight excluding hydrogens is 450 g/mol. The molecule has 166 valence electrons. The van der Waals surface area contributed by atoms with Crippen molar-refractivity contribution in [3.63, 3.8) is 0 Å². The molecule has 0 aliphatic rings. The highest BCUT2D eigenvalue weighted by Gasteiger charge is 2.13. The summed E-state index contributed by atoms with van der Waals surface area (Å²) in [7, 11) is 0. The summed E-state index contributed by atoms with van der Waals surface area (Å²) in [6.45, 7) is 0. The number of nitrogens with zero attached hydrogens (tertiary/aromatic N) is 3. The van der Waals surface area contributed by atoms with Crippen LogP contribution in [0.3, 0.4) is 0 Å². The second-order valence-electron chi connectivity index (χ2n) is 8.31. The van der Waals surface area contributed by atoms with Gasteiger partial charge < -0.3 is 0 Å². The van der Waals surface area contributed by atoms with Crippen molar-refractivity contribution in [1.29, 1.82) is 0 Å². The molecule has 0 saturated carbocycles. The quantitative estimate of drug-likeness (QED) is 0.260. The Morgan fingerprint density at radius 2 is 1.03 bits per heavy atom. The van der Waals surface area contributed by atoms with E-state index in [-0.39, 0.29) is 5.28 Å². The van der Waals surface area contributed by atoms with E-state index in [9.17, 15) is 0 Å². The van der Waals surface area contributed by atoms with Gasteiger partial charge in [0.1, 0.15) is 0 Å². The van der Waals surface area contributed by atoms with Crippen molar-refractivity contribution in [3.05, 3.63) is 127 Å². The molecule has 3 nitrogen and oxygen atoms in total. The summed E-state index contributed by atoms with van der Waals surface area (Å²) in [5, 5.41) is 2.46. The lowest BCUT2D eigenvalue weighted by atomic mass is 9.93. The number of fused-ring (bicyclic) bond motifs is 1. The van der Waals surface area contributed by atoms with Gasteiger partial charge in [0.05, 0.1) is 0 Å². The lowest BCUT2D eigenvalue weighted by Crippen LogP contribution is -1.97. The summed E-state index contributed by atoms with van der Waals surface area (Å²) in [4.78, 5) is 13.6. The SMILES string of the molecule is Clc1nc(-c2ccccc2)nc(-c2cc(-c3cccc(-c4ccccc4)c3)c3ccccc3c2)n1. The van der Waals surface area contributed by atoms with E-state index in [1.807, 2.05) is 42.5 Å². The predicted octanol–water partition coefficient (Wildman–Crippen LogP) is 8.35. The van der Waals surface area contributed by atoms with E-state index in [0.29, 0.717) is 11.6 Å². The molecule has 0 N–H and O–H groups in total. The van der Waals surface area contributed by atoms with Gasteiger partial charge in [0.2, 0.25) is 5.28 Å². The fraction of sp³-hybridized carbons (Fsp3) is 0. The number of hydrogen-bond acceptors (Lipinski definition) is 3. The van der Waals surface area contributed by atoms with Gasteiger partial charge in [-0.25, -0.2) is 4.98 Å².